The van der Waals surface area contributed by atoms with E-state index in [1.807, 2.05) is 0 Å². The fraction of sp³-hybridized carbons (Fsp3) is 0.100. The Hall–Kier alpha value is -1.81. The number of carbonyl (C=O) groups is 1. The summed E-state index contributed by atoms with van der Waals surface area (Å²) in [7, 11) is 0. The summed E-state index contributed by atoms with van der Waals surface area (Å²) in [5.74, 6) is 0.237. The van der Waals surface area contributed by atoms with Gasteiger partial charge in [-0.15, -0.1) is 0 Å². The molecule has 0 amide bonds. The van der Waals surface area contributed by atoms with Gasteiger partial charge in [0.05, 0.1) is 24.4 Å². The first-order valence-corrected chi connectivity index (χ1v) is 4.05. The Morgan fingerprint density at radius 3 is 2.86 bits per heavy atom. The molecule has 0 aliphatic carbocycles. The average molecular weight is 192 g/mol. The largest absolute Gasteiger partial charge is 0.472 e. The molecule has 0 fully saturated rings. The summed E-state index contributed by atoms with van der Waals surface area (Å²) in [5.41, 5.74) is 0.904. The van der Waals surface area contributed by atoms with Crippen LogP contribution in [0.2, 0.25) is 0 Å². The summed E-state index contributed by atoms with van der Waals surface area (Å²) in [6.45, 7) is 0. The lowest BCUT2D eigenvalue weighted by Crippen LogP contribution is -1.99. The smallest absolute Gasteiger partial charge is 0.153 e. The molecule has 4 heteroatoms. The quantitative estimate of drug-likeness (QED) is 0.752. The fourth-order valence-corrected chi connectivity index (χ4v) is 1.23. The fourth-order valence-electron chi connectivity index (χ4n) is 1.23. The maximum Gasteiger partial charge on any atom is 0.153 e. The number of rotatable bonds is 3. The summed E-state index contributed by atoms with van der Waals surface area (Å²) in [6.07, 6.45) is 3.90. The van der Waals surface area contributed by atoms with Crippen molar-refractivity contribution in [3.8, 4) is 0 Å². The first-order chi connectivity index (χ1) is 6.83. The van der Waals surface area contributed by atoms with Crippen molar-refractivity contribution in [2.24, 2.45) is 0 Å². The highest BCUT2D eigenvalue weighted by Gasteiger charge is 2.18. The van der Waals surface area contributed by atoms with Crippen molar-refractivity contribution >= 4 is 6.29 Å². The van der Waals surface area contributed by atoms with E-state index in [-0.39, 0.29) is 5.76 Å². The number of furan rings is 2. The molecule has 72 valence electrons. The van der Waals surface area contributed by atoms with Crippen molar-refractivity contribution in [3.63, 3.8) is 0 Å². The van der Waals surface area contributed by atoms with E-state index < -0.39 is 6.10 Å². The predicted octanol–water partition coefficient (Wildman–Crippen LogP) is 1.77. The van der Waals surface area contributed by atoms with Crippen LogP contribution in [0.1, 0.15) is 27.8 Å². The van der Waals surface area contributed by atoms with Crippen LogP contribution in [0.25, 0.3) is 0 Å². The molecule has 14 heavy (non-hydrogen) atoms. The van der Waals surface area contributed by atoms with Crippen molar-refractivity contribution < 1.29 is 18.7 Å². The zero-order chi connectivity index (χ0) is 9.97. The second kappa shape index (κ2) is 3.51. The van der Waals surface area contributed by atoms with Gasteiger partial charge in [0.1, 0.15) is 11.9 Å². The van der Waals surface area contributed by atoms with Gasteiger partial charge in [0, 0.05) is 5.56 Å². The standard InChI is InChI=1S/C10H8O4/c11-5-7-2-4-14-10(7)9(12)8-1-3-13-6-8/h1-6,9,12H. The highest BCUT2D eigenvalue weighted by Crippen LogP contribution is 2.25. The molecule has 2 heterocycles. The molecule has 0 saturated heterocycles. The summed E-state index contributed by atoms with van der Waals surface area (Å²) < 4.78 is 9.84. The molecule has 1 N–H and O–H groups in total. The van der Waals surface area contributed by atoms with Gasteiger partial charge in [-0.3, -0.25) is 4.79 Å². The maximum atomic E-state index is 10.6. The van der Waals surface area contributed by atoms with Gasteiger partial charge in [-0.05, 0) is 12.1 Å². The summed E-state index contributed by atoms with van der Waals surface area (Å²) >= 11 is 0. The molecule has 0 radical (unpaired) electrons. The van der Waals surface area contributed by atoms with Gasteiger partial charge in [-0.1, -0.05) is 0 Å². The van der Waals surface area contributed by atoms with Gasteiger partial charge in [0.2, 0.25) is 0 Å². The third-order valence-corrected chi connectivity index (χ3v) is 1.96. The molecular formula is C10H8O4. The second-order valence-corrected chi connectivity index (χ2v) is 2.82. The Morgan fingerprint density at radius 2 is 2.21 bits per heavy atom. The average Bonchev–Trinajstić information content (AvgIpc) is 2.87. The van der Waals surface area contributed by atoms with E-state index in [0.717, 1.165) is 0 Å². The van der Waals surface area contributed by atoms with Gasteiger partial charge >= 0.3 is 0 Å². The van der Waals surface area contributed by atoms with Crippen LogP contribution in [0, 0.1) is 0 Å². The van der Waals surface area contributed by atoms with E-state index in [2.05, 4.69) is 0 Å². The van der Waals surface area contributed by atoms with Crippen molar-refractivity contribution in [1.29, 1.82) is 0 Å². The molecule has 0 spiro atoms. The Bertz CT molecular complexity index is 413. The number of hydrogen-bond acceptors (Lipinski definition) is 4. The third kappa shape index (κ3) is 1.36. The third-order valence-electron chi connectivity index (χ3n) is 1.96. The Balaban J connectivity index is 2.36. The minimum Gasteiger partial charge on any atom is -0.472 e. The van der Waals surface area contributed by atoms with Crippen LogP contribution in [0.15, 0.2) is 39.8 Å². The zero-order valence-corrected chi connectivity index (χ0v) is 7.21. The lowest BCUT2D eigenvalue weighted by molar-refractivity contribution is 0.111. The summed E-state index contributed by atoms with van der Waals surface area (Å²) in [5, 5.41) is 9.77. The van der Waals surface area contributed by atoms with Gasteiger partial charge in [0.15, 0.2) is 6.29 Å². The molecule has 1 unspecified atom stereocenters. The van der Waals surface area contributed by atoms with E-state index in [1.54, 1.807) is 6.07 Å². The van der Waals surface area contributed by atoms with E-state index in [1.165, 1.54) is 24.9 Å². The van der Waals surface area contributed by atoms with Crippen molar-refractivity contribution in [1.82, 2.24) is 0 Å². The van der Waals surface area contributed by atoms with E-state index in [0.29, 0.717) is 17.4 Å². The van der Waals surface area contributed by atoms with Gasteiger partial charge in [-0.25, -0.2) is 0 Å². The lowest BCUT2D eigenvalue weighted by atomic mass is 10.1. The van der Waals surface area contributed by atoms with Crippen LogP contribution in [-0.4, -0.2) is 11.4 Å². The topological polar surface area (TPSA) is 63.6 Å². The Kier molecular flexibility index (Phi) is 2.20. The number of aldehydes is 1. The van der Waals surface area contributed by atoms with Crippen LogP contribution in [0.3, 0.4) is 0 Å². The molecule has 0 aromatic carbocycles. The van der Waals surface area contributed by atoms with Crippen molar-refractivity contribution in [2.45, 2.75) is 6.10 Å². The predicted molar refractivity (Wildman–Crippen MR) is 46.9 cm³/mol. The molecular weight excluding hydrogens is 184 g/mol. The monoisotopic (exact) mass is 192 g/mol. The Labute approximate surface area is 79.8 Å². The van der Waals surface area contributed by atoms with Crippen LogP contribution >= 0.6 is 0 Å². The first-order valence-electron chi connectivity index (χ1n) is 4.05. The van der Waals surface area contributed by atoms with E-state index in [4.69, 9.17) is 8.83 Å². The summed E-state index contributed by atoms with van der Waals surface area (Å²) in [4.78, 5) is 10.6. The van der Waals surface area contributed by atoms with Gasteiger partial charge in [0.25, 0.3) is 0 Å². The number of carbonyl (C=O) groups excluding carboxylic acids is 1. The van der Waals surface area contributed by atoms with Crippen LogP contribution < -0.4 is 0 Å². The van der Waals surface area contributed by atoms with Crippen molar-refractivity contribution in [2.75, 3.05) is 0 Å². The van der Waals surface area contributed by atoms with Crippen LogP contribution in [0.5, 0.6) is 0 Å². The second-order valence-electron chi connectivity index (χ2n) is 2.82. The molecule has 2 aromatic rings. The SMILES string of the molecule is O=Cc1ccoc1C(O)c1ccoc1. The highest BCUT2D eigenvalue weighted by molar-refractivity contribution is 5.76. The normalized spacial score (nSPS) is 12.6. The molecule has 0 bridgehead atoms. The molecule has 4 nitrogen and oxygen atoms in total. The number of aliphatic hydroxyl groups excluding tert-OH is 1. The molecule has 2 rings (SSSR count). The van der Waals surface area contributed by atoms with Gasteiger partial charge in [-0.2, -0.15) is 0 Å². The minimum atomic E-state index is -0.955. The van der Waals surface area contributed by atoms with Crippen LogP contribution in [-0.2, 0) is 0 Å². The zero-order valence-electron chi connectivity index (χ0n) is 7.21. The maximum absolute atomic E-state index is 10.6. The molecule has 0 saturated carbocycles. The van der Waals surface area contributed by atoms with E-state index in [9.17, 15) is 9.90 Å². The van der Waals surface area contributed by atoms with Crippen molar-refractivity contribution in [3.05, 3.63) is 47.8 Å². The molecule has 1 atom stereocenters. The summed E-state index contributed by atoms with van der Waals surface area (Å²) in [6, 6.07) is 3.12. The van der Waals surface area contributed by atoms with Crippen LogP contribution in [0.4, 0.5) is 0 Å². The van der Waals surface area contributed by atoms with Gasteiger partial charge < -0.3 is 13.9 Å². The molecule has 0 aliphatic heterocycles. The highest BCUT2D eigenvalue weighted by atomic mass is 16.4. The first kappa shape index (κ1) is 8.77. The molecule has 2 aromatic heterocycles. The lowest BCUT2D eigenvalue weighted by Gasteiger charge is -2.04. The number of hydrogen-bond donors (Lipinski definition) is 1. The van der Waals surface area contributed by atoms with E-state index >= 15 is 0 Å². The molecule has 0 aliphatic rings. The number of aliphatic hydroxyl groups is 1. The Morgan fingerprint density at radius 1 is 1.36 bits per heavy atom. The minimum absolute atomic E-state index is 0.237.